The van der Waals surface area contributed by atoms with Crippen molar-refractivity contribution in [2.24, 2.45) is 0 Å². The van der Waals surface area contributed by atoms with E-state index in [1.807, 2.05) is 109 Å². The maximum atomic E-state index is 10.1. The van der Waals surface area contributed by atoms with Crippen LogP contribution in [0.1, 0.15) is 92.3 Å². The number of allylic oxidation sites excluding steroid dienone is 6. The van der Waals surface area contributed by atoms with Crippen molar-refractivity contribution >= 4 is 61.7 Å². The second-order valence-corrected chi connectivity index (χ2v) is 29.3. The monoisotopic (exact) mass is 2420 g/mol. The van der Waals surface area contributed by atoms with Crippen LogP contribution in [0.15, 0.2) is 345 Å². The molecule has 16 aromatic rings. The van der Waals surface area contributed by atoms with Crippen LogP contribution in [0, 0.1) is 63.3 Å². The number of aromatic nitrogens is 5. The van der Waals surface area contributed by atoms with Gasteiger partial charge in [0, 0.05) is 131 Å². The van der Waals surface area contributed by atoms with Crippen LogP contribution in [-0.4, -0.2) is 82.8 Å². The van der Waals surface area contributed by atoms with Gasteiger partial charge in [0.25, 0.3) is 0 Å². The maximum Gasteiger partial charge on any atom is 0.354 e. The first-order chi connectivity index (χ1) is 60.2. The topological polar surface area (TPSA) is 241 Å². The molecule has 0 aliphatic carbocycles. The van der Waals surface area contributed by atoms with E-state index in [2.05, 4.69) is 270 Å². The molecular formula is C110H99Ir4N7O8-4. The molecule has 129 heavy (non-hydrogen) atoms. The fourth-order valence-corrected chi connectivity index (χ4v) is 13.4. The van der Waals surface area contributed by atoms with Crippen LogP contribution in [0.3, 0.4) is 0 Å². The minimum absolute atomic E-state index is 0. The van der Waals surface area contributed by atoms with Crippen molar-refractivity contribution < 1.29 is 120 Å². The molecule has 0 saturated carbocycles. The number of carboxylic acid groups (broad SMARTS) is 1. The minimum atomic E-state index is -0.990. The van der Waals surface area contributed by atoms with Gasteiger partial charge in [0.05, 0.1) is 45.5 Å². The van der Waals surface area contributed by atoms with Crippen LogP contribution < -0.4 is 4.90 Å². The Bertz CT molecular complexity index is 6470. The molecule has 0 fully saturated rings. The van der Waals surface area contributed by atoms with Crippen molar-refractivity contribution in [3.8, 4) is 95.6 Å². The van der Waals surface area contributed by atoms with Gasteiger partial charge in [-0.1, -0.05) is 224 Å². The number of fused-ring (bicyclic) bond motifs is 3. The Morgan fingerprint density at radius 1 is 0.388 bits per heavy atom. The number of carbonyl (C=O) groups is 4. The maximum absolute atomic E-state index is 10.1. The van der Waals surface area contributed by atoms with Crippen LogP contribution in [0.4, 0.5) is 5.69 Å². The summed E-state index contributed by atoms with van der Waals surface area (Å²) in [7, 11) is 4.10. The summed E-state index contributed by atoms with van der Waals surface area (Å²) in [6.07, 6.45) is 7.76. The van der Waals surface area contributed by atoms with Crippen molar-refractivity contribution in [2.75, 3.05) is 19.0 Å². The van der Waals surface area contributed by atoms with Gasteiger partial charge in [0.2, 0.25) is 0 Å². The van der Waals surface area contributed by atoms with Gasteiger partial charge in [-0.25, -0.2) is 9.78 Å². The third kappa shape index (κ3) is 32.9. The van der Waals surface area contributed by atoms with E-state index in [0.29, 0.717) is 5.56 Å². The number of aliphatic hydroxyl groups is 3. The second kappa shape index (κ2) is 54.2. The number of carbonyl (C=O) groups excluding carboxylic acids is 3. The molecule has 16 rings (SSSR count). The van der Waals surface area contributed by atoms with Gasteiger partial charge >= 0.3 is 5.97 Å². The molecule has 0 spiro atoms. The average Bonchev–Trinajstić information content (AvgIpc) is 0.775. The van der Waals surface area contributed by atoms with Crippen LogP contribution in [-0.2, 0) is 101 Å². The van der Waals surface area contributed by atoms with Crippen molar-refractivity contribution in [2.45, 2.75) is 82.6 Å². The summed E-state index contributed by atoms with van der Waals surface area (Å²) >= 11 is 0. The van der Waals surface area contributed by atoms with Crippen LogP contribution in [0.2, 0.25) is 0 Å². The van der Waals surface area contributed by atoms with Crippen molar-refractivity contribution in [3.63, 3.8) is 0 Å². The van der Waals surface area contributed by atoms with Gasteiger partial charge in [-0.05, 0) is 178 Å². The molecule has 662 valence electrons. The normalized spacial score (nSPS) is 10.4. The number of rotatable bonds is 14. The Labute approximate surface area is 810 Å². The number of carboxylic acids is 1. The number of anilines is 1. The molecule has 5 heterocycles. The summed E-state index contributed by atoms with van der Waals surface area (Å²) in [5, 5.41) is 46.3. The number of aryl methyl sites for hydroxylation is 4. The van der Waals surface area contributed by atoms with Crippen LogP contribution in [0.5, 0.6) is 0 Å². The quantitative estimate of drug-likeness (QED) is 0.0450. The zero-order valence-electron chi connectivity index (χ0n) is 73.8. The van der Waals surface area contributed by atoms with Gasteiger partial charge in [0.15, 0.2) is 17.3 Å². The number of nitrogens with zero attached hydrogens (tertiary/aromatic N) is 7. The van der Waals surface area contributed by atoms with E-state index in [1.165, 1.54) is 139 Å². The van der Waals surface area contributed by atoms with Crippen molar-refractivity contribution in [1.29, 1.82) is 5.26 Å². The Morgan fingerprint density at radius 3 is 1.18 bits per heavy atom. The molecule has 0 atom stereocenters. The number of hydrogen-bond acceptors (Lipinski definition) is 14. The number of ketones is 3. The van der Waals surface area contributed by atoms with Crippen molar-refractivity contribution in [1.82, 2.24) is 24.9 Å². The zero-order valence-corrected chi connectivity index (χ0v) is 83.4. The van der Waals surface area contributed by atoms with Crippen molar-refractivity contribution in [3.05, 3.63) is 408 Å². The van der Waals surface area contributed by atoms with E-state index in [4.69, 9.17) is 35.4 Å². The third-order valence-corrected chi connectivity index (χ3v) is 18.9. The Balaban J connectivity index is 0.000000273. The molecule has 5 aromatic heterocycles. The van der Waals surface area contributed by atoms with E-state index in [0.717, 1.165) is 95.6 Å². The minimum Gasteiger partial charge on any atom is -0.512 e. The number of nitriles is 1. The molecule has 0 aliphatic heterocycles. The predicted molar refractivity (Wildman–Crippen MR) is 508 cm³/mol. The molecular weight excluding hydrogens is 2320 g/mol. The SMILES string of the molecule is CC(=O)C=C(C)O.CC(=O)C=C(C)O.CC(=O)C=C(C)O.CCc1cc2ccccc2nc1-c1[c-]ccc(-c2ccccc2)c1.Cc1[c-]c(-c2nc3ccccc3cc2C)cc(-c2ccccc2)c1.Cc1c(N(C)C)ccnc1-c1[c-]ccc(-c2ccccc2)c1.Cc1cc2ccccc2nc1-c1[c-]ccc(-c2ccccc2C#N)c1.O=C(O)c1ccccn1.[Ir].[Ir].[Ir].[Ir]. The van der Waals surface area contributed by atoms with Crippen LogP contribution >= 0.6 is 0 Å². The summed E-state index contributed by atoms with van der Waals surface area (Å²) in [5.41, 5.74) is 28.0. The number of aromatic carboxylic acids is 1. The zero-order chi connectivity index (χ0) is 89.9. The Hall–Kier alpha value is -13.1. The number of para-hydroxylation sites is 3. The predicted octanol–water partition coefficient (Wildman–Crippen LogP) is 25.9. The van der Waals surface area contributed by atoms with E-state index in [9.17, 15) is 24.4 Å². The summed E-state index contributed by atoms with van der Waals surface area (Å²) < 4.78 is 0. The van der Waals surface area contributed by atoms with Gasteiger partial charge in [-0.3, -0.25) is 29.3 Å². The number of pyridine rings is 5. The number of aliphatic hydroxyl groups excluding tert-OH is 3. The fourth-order valence-electron chi connectivity index (χ4n) is 13.4. The molecule has 19 heteroatoms. The largest absolute Gasteiger partial charge is 0.512 e. The molecule has 4 N–H and O–H groups in total. The summed E-state index contributed by atoms with van der Waals surface area (Å²) in [6.45, 7) is 19.1. The Kier molecular flexibility index (Phi) is 44.7. The van der Waals surface area contributed by atoms with Gasteiger partial charge in [-0.2, -0.15) is 5.26 Å². The number of hydrogen-bond donors (Lipinski definition) is 4. The van der Waals surface area contributed by atoms with E-state index in [-0.39, 0.29) is 121 Å². The molecule has 0 unspecified atom stereocenters. The molecule has 0 aliphatic rings. The van der Waals surface area contributed by atoms with Gasteiger partial charge < -0.3 is 30.3 Å². The summed E-state index contributed by atoms with van der Waals surface area (Å²) in [4.78, 5) is 65.1. The molecule has 15 nitrogen and oxygen atoms in total. The first-order valence-corrected chi connectivity index (χ1v) is 40.5. The fraction of sp³-hybridized carbons (Fsp3) is 0.127. The van der Waals surface area contributed by atoms with Crippen LogP contribution in [0.25, 0.3) is 122 Å². The van der Waals surface area contributed by atoms with E-state index in [1.54, 1.807) is 12.1 Å². The molecule has 0 saturated heterocycles. The van der Waals surface area contributed by atoms with E-state index >= 15 is 0 Å². The first kappa shape index (κ1) is 106. The first-order valence-electron chi connectivity index (χ1n) is 40.5. The smallest absolute Gasteiger partial charge is 0.354 e. The van der Waals surface area contributed by atoms with Gasteiger partial charge in [-0.15, -0.1) is 136 Å². The Morgan fingerprint density at radius 2 is 0.767 bits per heavy atom. The molecule has 0 bridgehead atoms. The number of benzene rings is 11. The average molecular weight is 2420 g/mol. The molecule has 11 aromatic carbocycles. The second-order valence-electron chi connectivity index (χ2n) is 29.3. The standard InChI is InChI=1S/C23H15N2.2C23H18N.C20H19N2.C6H5NO2.3C5H8O2.4Ir/c1-16-13-18-7-3-5-12-22(18)25-23(16)19-10-6-9-17(14-19)21-11-4-2-8-20(21)15-24;1-16-12-20(18-8-4-3-5-9-18)15-21(13-16)23-17(2)14-19-10-6-7-11-22(19)24-23;1-2-17-15-20-11-6-7-14-22(20)24-23(17)21-13-8-12-19(16-21)18-9-4-3-5-10-18;1-15-19(22(2)3)12-13-21-20(15)18-11-7-10-17(14-18)16-8-5-4-6-9-16;8-6(9)5-3-1-2-4-7-5;3*1-4(6)3-5(2)7;;;;/h2-9,11-14H,1H3;3-12,14-15H,1-2H3;3-12,14-16H,2H2,1H3;4-10,12-14H,1-3H3;1-4H,(H,8,9);3*3,6H,1-2H3;;;;/q4*-1;;;;;;;;. The summed E-state index contributed by atoms with van der Waals surface area (Å²) in [6, 6.07) is 116. The summed E-state index contributed by atoms with van der Waals surface area (Å²) in [5.74, 6) is -1.18. The van der Waals surface area contributed by atoms with Gasteiger partial charge in [0.1, 0.15) is 5.69 Å². The molecule has 4 radical (unpaired) electrons. The molecule has 0 amide bonds. The van der Waals surface area contributed by atoms with E-state index < -0.39 is 5.97 Å². The third-order valence-electron chi connectivity index (χ3n) is 18.9.